The SMILES string of the molecule is C=C(Br)CNc1nc2ccccc2cc1C(=O)O. The monoisotopic (exact) mass is 306 g/mol. The van der Waals surface area contributed by atoms with Gasteiger partial charge in [0.2, 0.25) is 0 Å². The van der Waals surface area contributed by atoms with Crippen LogP contribution >= 0.6 is 15.9 Å². The molecular weight excluding hydrogens is 296 g/mol. The molecule has 0 spiro atoms. The van der Waals surface area contributed by atoms with Crippen LogP contribution in [0, 0.1) is 0 Å². The number of benzene rings is 1. The zero-order chi connectivity index (χ0) is 13.1. The van der Waals surface area contributed by atoms with Crippen LogP contribution in [0.4, 0.5) is 5.82 Å². The Kier molecular flexibility index (Phi) is 3.62. The van der Waals surface area contributed by atoms with E-state index in [-0.39, 0.29) is 5.56 Å². The van der Waals surface area contributed by atoms with Crippen molar-refractivity contribution in [2.24, 2.45) is 0 Å². The molecule has 1 aromatic heterocycles. The Labute approximate surface area is 112 Å². The summed E-state index contributed by atoms with van der Waals surface area (Å²) in [6, 6.07) is 9.01. The van der Waals surface area contributed by atoms with Crippen LogP contribution in [0.15, 0.2) is 41.4 Å². The van der Waals surface area contributed by atoms with Crippen molar-refractivity contribution in [2.45, 2.75) is 0 Å². The minimum Gasteiger partial charge on any atom is -0.478 e. The number of anilines is 1. The van der Waals surface area contributed by atoms with Gasteiger partial charge in [0, 0.05) is 16.4 Å². The van der Waals surface area contributed by atoms with Gasteiger partial charge in [-0.05, 0) is 12.1 Å². The van der Waals surface area contributed by atoms with E-state index < -0.39 is 5.97 Å². The van der Waals surface area contributed by atoms with Gasteiger partial charge in [-0.25, -0.2) is 9.78 Å². The van der Waals surface area contributed by atoms with E-state index in [1.54, 1.807) is 6.07 Å². The number of rotatable bonds is 4. The summed E-state index contributed by atoms with van der Waals surface area (Å²) in [4.78, 5) is 15.5. The fourth-order valence-electron chi connectivity index (χ4n) is 1.59. The minimum absolute atomic E-state index is 0.155. The molecule has 0 saturated heterocycles. The lowest BCUT2D eigenvalue weighted by molar-refractivity contribution is 0.0698. The van der Waals surface area contributed by atoms with Gasteiger partial charge < -0.3 is 10.4 Å². The van der Waals surface area contributed by atoms with Gasteiger partial charge >= 0.3 is 5.97 Å². The number of halogens is 1. The molecule has 5 heteroatoms. The number of carbonyl (C=O) groups is 1. The van der Waals surface area contributed by atoms with Crippen LogP contribution in [-0.2, 0) is 0 Å². The topological polar surface area (TPSA) is 62.2 Å². The number of fused-ring (bicyclic) bond motifs is 1. The molecule has 0 radical (unpaired) electrons. The van der Waals surface area contributed by atoms with Gasteiger partial charge in [-0.15, -0.1) is 0 Å². The number of nitrogens with one attached hydrogen (secondary N) is 1. The second-order valence-corrected chi connectivity index (χ2v) is 4.87. The first-order valence-corrected chi connectivity index (χ1v) is 6.07. The van der Waals surface area contributed by atoms with E-state index in [4.69, 9.17) is 0 Å². The van der Waals surface area contributed by atoms with E-state index in [1.165, 1.54) is 0 Å². The molecule has 0 fully saturated rings. The Morgan fingerprint density at radius 3 is 2.83 bits per heavy atom. The third kappa shape index (κ3) is 2.68. The van der Waals surface area contributed by atoms with E-state index in [1.807, 2.05) is 24.3 Å². The van der Waals surface area contributed by atoms with Crippen molar-refractivity contribution in [3.8, 4) is 0 Å². The number of nitrogens with zero attached hydrogens (tertiary/aromatic N) is 1. The second kappa shape index (κ2) is 5.18. The summed E-state index contributed by atoms with van der Waals surface area (Å²) in [5, 5.41) is 12.9. The molecule has 0 aliphatic carbocycles. The Balaban J connectivity index is 2.50. The van der Waals surface area contributed by atoms with Gasteiger partial charge in [0.1, 0.15) is 11.4 Å². The Bertz CT molecular complexity index is 625. The van der Waals surface area contributed by atoms with E-state index in [2.05, 4.69) is 32.8 Å². The normalized spacial score (nSPS) is 10.3. The summed E-state index contributed by atoms with van der Waals surface area (Å²) < 4.78 is 0.730. The lowest BCUT2D eigenvalue weighted by Crippen LogP contribution is -2.09. The molecule has 2 rings (SSSR count). The van der Waals surface area contributed by atoms with E-state index >= 15 is 0 Å². The molecule has 1 aromatic carbocycles. The predicted molar refractivity (Wildman–Crippen MR) is 75.3 cm³/mol. The first kappa shape index (κ1) is 12.6. The maximum absolute atomic E-state index is 11.2. The predicted octanol–water partition coefficient (Wildman–Crippen LogP) is 3.25. The summed E-state index contributed by atoms with van der Waals surface area (Å²) in [6.45, 7) is 4.11. The number of pyridine rings is 1. The lowest BCUT2D eigenvalue weighted by Gasteiger charge is -2.09. The van der Waals surface area contributed by atoms with Gasteiger partial charge in [0.15, 0.2) is 0 Å². The first-order chi connectivity index (χ1) is 8.58. The van der Waals surface area contributed by atoms with E-state index in [9.17, 15) is 9.90 Å². The molecule has 2 N–H and O–H groups in total. The van der Waals surface area contributed by atoms with Crippen LogP contribution < -0.4 is 5.32 Å². The molecule has 92 valence electrons. The average Bonchev–Trinajstić information content (AvgIpc) is 2.35. The third-order valence-electron chi connectivity index (χ3n) is 2.40. The molecule has 0 aliphatic heterocycles. The molecule has 1 heterocycles. The van der Waals surface area contributed by atoms with Crippen molar-refractivity contribution in [1.82, 2.24) is 4.98 Å². The lowest BCUT2D eigenvalue weighted by atomic mass is 10.1. The highest BCUT2D eigenvalue weighted by Crippen LogP contribution is 2.21. The molecule has 0 atom stereocenters. The smallest absolute Gasteiger partial charge is 0.339 e. The standard InChI is InChI=1S/C13H11BrN2O2/c1-8(14)7-15-12-10(13(17)18)6-9-4-2-3-5-11(9)16-12/h2-6H,1,7H2,(H,15,16)(H,17,18). The molecular formula is C13H11BrN2O2. The third-order valence-corrected chi connectivity index (χ3v) is 2.68. The summed E-state index contributed by atoms with van der Waals surface area (Å²) in [7, 11) is 0. The highest BCUT2D eigenvalue weighted by atomic mass is 79.9. The summed E-state index contributed by atoms with van der Waals surface area (Å²) in [6.07, 6.45) is 0. The van der Waals surface area contributed by atoms with E-state index in [0.29, 0.717) is 12.4 Å². The highest BCUT2D eigenvalue weighted by Gasteiger charge is 2.12. The van der Waals surface area contributed by atoms with Crippen LogP contribution in [0.25, 0.3) is 10.9 Å². The van der Waals surface area contributed by atoms with Gasteiger partial charge in [0.25, 0.3) is 0 Å². The number of hydrogen-bond donors (Lipinski definition) is 2. The Morgan fingerprint density at radius 1 is 1.44 bits per heavy atom. The van der Waals surface area contributed by atoms with Gasteiger partial charge in [0.05, 0.1) is 5.52 Å². The molecule has 0 amide bonds. The van der Waals surface area contributed by atoms with Crippen LogP contribution in [-0.4, -0.2) is 22.6 Å². The van der Waals surface area contributed by atoms with Crippen LogP contribution in [0.3, 0.4) is 0 Å². The van der Waals surface area contributed by atoms with Crippen LogP contribution in [0.5, 0.6) is 0 Å². The molecule has 0 bridgehead atoms. The van der Waals surface area contributed by atoms with Crippen molar-refractivity contribution >= 4 is 38.6 Å². The minimum atomic E-state index is -1.00. The van der Waals surface area contributed by atoms with Crippen molar-refractivity contribution in [3.05, 3.63) is 47.0 Å². The van der Waals surface area contributed by atoms with Crippen molar-refractivity contribution in [3.63, 3.8) is 0 Å². The van der Waals surface area contributed by atoms with Crippen LogP contribution in [0.2, 0.25) is 0 Å². The molecule has 0 unspecified atom stereocenters. The zero-order valence-corrected chi connectivity index (χ0v) is 11.1. The maximum Gasteiger partial charge on any atom is 0.339 e. The number of carboxylic acids is 1. The largest absolute Gasteiger partial charge is 0.478 e. The highest BCUT2D eigenvalue weighted by molar-refractivity contribution is 9.11. The fraction of sp³-hybridized carbons (Fsp3) is 0.0769. The Hall–Kier alpha value is -1.88. The number of carboxylic acid groups (broad SMARTS) is 1. The molecule has 0 saturated carbocycles. The van der Waals surface area contributed by atoms with Crippen molar-refractivity contribution in [1.29, 1.82) is 0 Å². The molecule has 2 aromatic rings. The number of aromatic nitrogens is 1. The number of para-hydroxylation sites is 1. The average molecular weight is 307 g/mol. The van der Waals surface area contributed by atoms with Gasteiger partial charge in [-0.1, -0.05) is 40.7 Å². The number of aromatic carboxylic acids is 1. The van der Waals surface area contributed by atoms with Crippen molar-refractivity contribution < 1.29 is 9.90 Å². The van der Waals surface area contributed by atoms with Crippen LogP contribution in [0.1, 0.15) is 10.4 Å². The summed E-state index contributed by atoms with van der Waals surface area (Å²) >= 11 is 3.21. The summed E-state index contributed by atoms with van der Waals surface area (Å²) in [5.74, 6) is -0.655. The number of hydrogen-bond acceptors (Lipinski definition) is 3. The molecule has 18 heavy (non-hydrogen) atoms. The van der Waals surface area contributed by atoms with Gasteiger partial charge in [-0.2, -0.15) is 0 Å². The van der Waals surface area contributed by atoms with Gasteiger partial charge in [-0.3, -0.25) is 0 Å². The molecule has 4 nitrogen and oxygen atoms in total. The fourth-order valence-corrected chi connectivity index (χ4v) is 1.73. The zero-order valence-electron chi connectivity index (χ0n) is 9.48. The first-order valence-electron chi connectivity index (χ1n) is 5.28. The summed E-state index contributed by atoms with van der Waals surface area (Å²) in [5.41, 5.74) is 0.910. The molecule has 0 aliphatic rings. The van der Waals surface area contributed by atoms with E-state index in [0.717, 1.165) is 15.4 Å². The second-order valence-electron chi connectivity index (χ2n) is 3.75. The Morgan fingerprint density at radius 2 is 2.17 bits per heavy atom. The quantitative estimate of drug-likeness (QED) is 0.910. The maximum atomic E-state index is 11.2. The van der Waals surface area contributed by atoms with Crippen molar-refractivity contribution in [2.75, 3.05) is 11.9 Å².